The molecule has 0 aliphatic heterocycles. The SMILES string of the molecule is C[C@@H](NC(=O)/C(C#N)=C\c1cc(I)c(OCc2ccccc2C#N)c(I)c1)c1ccccc1. The van der Waals surface area contributed by atoms with E-state index in [2.05, 4.69) is 56.6 Å². The Balaban J connectivity index is 1.76. The first kappa shape index (κ1) is 24.7. The molecule has 0 aliphatic carbocycles. The summed E-state index contributed by atoms with van der Waals surface area (Å²) in [6.45, 7) is 2.15. The number of halogens is 2. The quantitative estimate of drug-likeness (QED) is 0.188. The van der Waals surface area contributed by atoms with Crippen LogP contribution < -0.4 is 10.1 Å². The number of rotatable bonds is 7. The standard InChI is InChI=1S/C26H19I2N3O2/c1-17(19-7-3-2-4-8-19)31-26(32)22(15-30)11-18-12-23(27)25(24(28)13-18)33-16-21-10-6-5-9-20(21)14-29/h2-13,17H,16H2,1H3,(H,31,32)/b22-11-/t17-/m1/s1. The summed E-state index contributed by atoms with van der Waals surface area (Å²) in [5.74, 6) is 0.272. The van der Waals surface area contributed by atoms with Crippen molar-refractivity contribution in [2.24, 2.45) is 0 Å². The predicted molar refractivity (Wildman–Crippen MR) is 144 cm³/mol. The second-order valence-corrected chi connectivity index (χ2v) is 9.47. The lowest BCUT2D eigenvalue weighted by Gasteiger charge is -2.14. The fourth-order valence-corrected chi connectivity index (χ4v) is 5.25. The summed E-state index contributed by atoms with van der Waals surface area (Å²) >= 11 is 4.34. The predicted octanol–water partition coefficient (Wildman–Crippen LogP) is 6.13. The average molecular weight is 659 g/mol. The van der Waals surface area contributed by atoms with Gasteiger partial charge in [-0.05, 0) is 87.5 Å². The van der Waals surface area contributed by atoms with E-state index in [0.717, 1.165) is 23.8 Å². The largest absolute Gasteiger partial charge is 0.487 e. The van der Waals surface area contributed by atoms with Crippen LogP contribution in [0.2, 0.25) is 0 Å². The monoisotopic (exact) mass is 659 g/mol. The molecule has 0 aromatic heterocycles. The summed E-state index contributed by atoms with van der Waals surface area (Å²) in [6, 6.07) is 24.6. The number of hydrogen-bond acceptors (Lipinski definition) is 4. The van der Waals surface area contributed by atoms with Gasteiger partial charge < -0.3 is 10.1 Å². The zero-order valence-electron chi connectivity index (χ0n) is 17.7. The van der Waals surface area contributed by atoms with Crippen LogP contribution in [0.3, 0.4) is 0 Å². The summed E-state index contributed by atoms with van der Waals surface area (Å²) in [5.41, 5.74) is 3.11. The number of amides is 1. The summed E-state index contributed by atoms with van der Waals surface area (Å²) in [6.07, 6.45) is 1.58. The van der Waals surface area contributed by atoms with Gasteiger partial charge in [0.2, 0.25) is 0 Å². The first-order valence-corrected chi connectivity index (χ1v) is 12.2. The molecule has 0 radical (unpaired) electrons. The summed E-state index contributed by atoms with van der Waals surface area (Å²) in [4.78, 5) is 12.7. The molecule has 0 bridgehead atoms. The van der Waals surface area contributed by atoms with Gasteiger partial charge in [0.25, 0.3) is 5.91 Å². The molecule has 3 rings (SSSR count). The number of benzene rings is 3. The van der Waals surface area contributed by atoms with Crippen molar-refractivity contribution < 1.29 is 9.53 Å². The molecule has 164 valence electrons. The maximum absolute atomic E-state index is 12.7. The highest BCUT2D eigenvalue weighted by Gasteiger charge is 2.15. The van der Waals surface area contributed by atoms with E-state index in [1.807, 2.05) is 73.7 Å². The molecule has 7 heteroatoms. The Labute approximate surface area is 220 Å². The highest BCUT2D eigenvalue weighted by molar-refractivity contribution is 14.1. The Morgan fingerprint density at radius 3 is 2.33 bits per heavy atom. The molecule has 5 nitrogen and oxygen atoms in total. The minimum atomic E-state index is -0.424. The fraction of sp³-hybridized carbons (Fsp3) is 0.115. The molecule has 3 aromatic rings. The van der Waals surface area contributed by atoms with Crippen molar-refractivity contribution in [3.05, 3.63) is 102 Å². The Morgan fingerprint density at radius 1 is 1.06 bits per heavy atom. The molecule has 0 fully saturated rings. The minimum Gasteiger partial charge on any atom is -0.487 e. The van der Waals surface area contributed by atoms with E-state index in [1.54, 1.807) is 12.1 Å². The van der Waals surface area contributed by atoms with Gasteiger partial charge in [0.05, 0.1) is 24.8 Å². The molecule has 3 aromatic carbocycles. The Bertz CT molecular complexity index is 1250. The fourth-order valence-electron chi connectivity index (χ4n) is 3.12. The van der Waals surface area contributed by atoms with Crippen LogP contribution in [-0.4, -0.2) is 5.91 Å². The van der Waals surface area contributed by atoms with Crippen molar-refractivity contribution >= 4 is 57.2 Å². The normalized spacial score (nSPS) is 11.7. The third-order valence-electron chi connectivity index (χ3n) is 4.85. The third kappa shape index (κ3) is 6.56. The van der Waals surface area contributed by atoms with Gasteiger partial charge in [-0.25, -0.2) is 0 Å². The van der Waals surface area contributed by atoms with E-state index in [0.29, 0.717) is 11.3 Å². The lowest BCUT2D eigenvalue weighted by Crippen LogP contribution is -2.27. The minimum absolute atomic E-state index is 0.0287. The molecule has 0 saturated heterocycles. The molecule has 1 amide bonds. The molecule has 33 heavy (non-hydrogen) atoms. The lowest BCUT2D eigenvalue weighted by molar-refractivity contribution is -0.117. The number of hydrogen-bond donors (Lipinski definition) is 1. The molecule has 0 heterocycles. The second-order valence-electron chi connectivity index (χ2n) is 7.15. The van der Waals surface area contributed by atoms with E-state index in [4.69, 9.17) is 4.74 Å². The van der Waals surface area contributed by atoms with Crippen LogP contribution in [0.25, 0.3) is 6.08 Å². The molecular formula is C26H19I2N3O2. The van der Waals surface area contributed by atoms with Gasteiger partial charge in [-0.15, -0.1) is 0 Å². The molecule has 1 atom stereocenters. The van der Waals surface area contributed by atoms with Crippen LogP contribution in [0.5, 0.6) is 5.75 Å². The van der Waals surface area contributed by atoms with Crippen molar-refractivity contribution in [2.75, 3.05) is 0 Å². The third-order valence-corrected chi connectivity index (χ3v) is 6.46. The van der Waals surface area contributed by atoms with Gasteiger partial charge in [-0.1, -0.05) is 48.5 Å². The number of nitrogens with one attached hydrogen (secondary N) is 1. The van der Waals surface area contributed by atoms with E-state index >= 15 is 0 Å². The highest BCUT2D eigenvalue weighted by atomic mass is 127. The van der Waals surface area contributed by atoms with Crippen LogP contribution in [0, 0.1) is 29.8 Å². The number of nitriles is 2. The van der Waals surface area contributed by atoms with E-state index < -0.39 is 5.91 Å². The maximum Gasteiger partial charge on any atom is 0.262 e. The van der Waals surface area contributed by atoms with Gasteiger partial charge >= 0.3 is 0 Å². The molecule has 0 unspecified atom stereocenters. The van der Waals surface area contributed by atoms with Crippen molar-refractivity contribution in [1.29, 1.82) is 10.5 Å². The highest BCUT2D eigenvalue weighted by Crippen LogP contribution is 2.31. The van der Waals surface area contributed by atoms with Crippen LogP contribution in [-0.2, 0) is 11.4 Å². The van der Waals surface area contributed by atoms with Crippen LogP contribution in [0.15, 0.2) is 72.3 Å². The second kappa shape index (κ2) is 11.8. The summed E-state index contributed by atoms with van der Waals surface area (Å²) in [5, 5.41) is 21.7. The maximum atomic E-state index is 12.7. The summed E-state index contributed by atoms with van der Waals surface area (Å²) in [7, 11) is 0. The molecule has 1 N–H and O–H groups in total. The topological polar surface area (TPSA) is 85.9 Å². The number of nitrogens with zero attached hydrogens (tertiary/aromatic N) is 2. The van der Waals surface area contributed by atoms with Crippen molar-refractivity contribution in [3.63, 3.8) is 0 Å². The van der Waals surface area contributed by atoms with Crippen molar-refractivity contribution in [3.8, 4) is 17.9 Å². The first-order valence-electron chi connectivity index (χ1n) is 10.0. The number of ether oxygens (including phenoxy) is 1. The average Bonchev–Trinajstić information content (AvgIpc) is 2.82. The summed E-state index contributed by atoms with van der Waals surface area (Å²) < 4.78 is 7.69. The zero-order valence-corrected chi connectivity index (χ0v) is 22.0. The van der Waals surface area contributed by atoms with Crippen molar-refractivity contribution in [1.82, 2.24) is 5.32 Å². The van der Waals surface area contributed by atoms with E-state index in [-0.39, 0.29) is 18.2 Å². The first-order chi connectivity index (χ1) is 15.9. The molecule has 0 saturated carbocycles. The Hall–Kier alpha value is -2.89. The van der Waals surface area contributed by atoms with E-state index in [9.17, 15) is 15.3 Å². The van der Waals surface area contributed by atoms with Gasteiger partial charge in [-0.2, -0.15) is 10.5 Å². The van der Waals surface area contributed by atoms with Crippen molar-refractivity contribution in [2.45, 2.75) is 19.6 Å². The van der Waals surface area contributed by atoms with Gasteiger partial charge in [-0.3, -0.25) is 4.79 Å². The Morgan fingerprint density at radius 2 is 1.70 bits per heavy atom. The van der Waals surface area contributed by atoms with Crippen LogP contribution >= 0.6 is 45.2 Å². The lowest BCUT2D eigenvalue weighted by atomic mass is 10.1. The Kier molecular flexibility index (Phi) is 8.87. The van der Waals surface area contributed by atoms with Gasteiger partial charge in [0, 0.05) is 5.56 Å². The smallest absolute Gasteiger partial charge is 0.262 e. The molecular weight excluding hydrogens is 640 g/mol. The molecule has 0 aliphatic rings. The molecule has 0 spiro atoms. The van der Waals surface area contributed by atoms with Gasteiger partial charge in [0.1, 0.15) is 24.0 Å². The van der Waals surface area contributed by atoms with Crippen LogP contribution in [0.4, 0.5) is 0 Å². The van der Waals surface area contributed by atoms with E-state index in [1.165, 1.54) is 0 Å². The number of carbonyl (C=O) groups is 1. The number of carbonyl (C=O) groups excluding carboxylic acids is 1. The van der Waals surface area contributed by atoms with Gasteiger partial charge in [0.15, 0.2) is 0 Å². The zero-order chi connectivity index (χ0) is 23.8. The van der Waals surface area contributed by atoms with Crippen LogP contribution in [0.1, 0.15) is 35.2 Å².